The predicted octanol–water partition coefficient (Wildman–Crippen LogP) is 2.49. The van der Waals surface area contributed by atoms with Gasteiger partial charge in [-0.3, -0.25) is 0 Å². The van der Waals surface area contributed by atoms with Crippen LogP contribution < -0.4 is 5.73 Å². The summed E-state index contributed by atoms with van der Waals surface area (Å²) in [7, 11) is 0. The molecular weight excluding hydrogens is 283 g/mol. The molecule has 0 spiro atoms. The lowest BCUT2D eigenvalue weighted by Crippen LogP contribution is -2.10. The molecule has 0 fully saturated rings. The third-order valence-electron chi connectivity index (χ3n) is 3.04. The van der Waals surface area contributed by atoms with Crippen molar-refractivity contribution in [1.82, 2.24) is 15.0 Å². The molecule has 1 atom stereocenters. The highest BCUT2D eigenvalue weighted by Crippen LogP contribution is 2.33. The Kier molecular flexibility index (Phi) is 3.70. The van der Waals surface area contributed by atoms with Crippen LogP contribution in [0.1, 0.15) is 35.5 Å². The van der Waals surface area contributed by atoms with E-state index in [2.05, 4.69) is 10.3 Å². The van der Waals surface area contributed by atoms with Crippen LogP contribution in [-0.4, -0.2) is 15.0 Å². The highest BCUT2D eigenvalue weighted by atomic mass is 19.4. The van der Waals surface area contributed by atoms with E-state index in [0.29, 0.717) is 11.4 Å². The Morgan fingerprint density at radius 3 is 2.52 bits per heavy atom. The number of hydrogen-bond acceptors (Lipinski definition) is 4. The topological polar surface area (TPSA) is 80.5 Å². The van der Waals surface area contributed by atoms with Crippen molar-refractivity contribution >= 4 is 0 Å². The van der Waals surface area contributed by atoms with Crippen molar-refractivity contribution in [3.8, 4) is 11.8 Å². The average Bonchev–Trinajstić information content (AvgIpc) is 2.79. The van der Waals surface area contributed by atoms with E-state index >= 15 is 0 Å². The maximum Gasteiger partial charge on any atom is 0.417 e. The third kappa shape index (κ3) is 2.73. The minimum Gasteiger partial charge on any atom is -0.323 e. The number of hydrogen-bond donors (Lipinski definition) is 1. The van der Waals surface area contributed by atoms with Crippen LogP contribution in [0.15, 0.2) is 18.2 Å². The average molecular weight is 295 g/mol. The first kappa shape index (κ1) is 15.0. The minimum atomic E-state index is -4.61. The number of benzene rings is 1. The highest BCUT2D eigenvalue weighted by Gasteiger charge is 2.34. The molecule has 0 aliphatic heterocycles. The summed E-state index contributed by atoms with van der Waals surface area (Å²) >= 11 is 0. The number of alkyl halides is 3. The Balaban J connectivity index is 2.59. The monoisotopic (exact) mass is 295 g/mol. The maximum absolute atomic E-state index is 12.9. The zero-order chi connectivity index (χ0) is 15.8. The van der Waals surface area contributed by atoms with Gasteiger partial charge in [0.1, 0.15) is 5.69 Å². The normalized spacial score (nSPS) is 13.0. The summed E-state index contributed by atoms with van der Waals surface area (Å²) in [5, 5.41) is 16.5. The van der Waals surface area contributed by atoms with E-state index in [1.165, 1.54) is 16.8 Å². The zero-order valence-electron chi connectivity index (χ0n) is 11.3. The summed E-state index contributed by atoms with van der Waals surface area (Å²) in [4.78, 5) is 0. The van der Waals surface area contributed by atoms with Crippen molar-refractivity contribution in [2.45, 2.75) is 26.1 Å². The zero-order valence-corrected chi connectivity index (χ0v) is 11.3. The number of halogens is 3. The van der Waals surface area contributed by atoms with E-state index in [1.807, 2.05) is 0 Å². The number of rotatable bonds is 2. The summed E-state index contributed by atoms with van der Waals surface area (Å²) in [6.07, 6.45) is -4.61. The Morgan fingerprint density at radius 2 is 2.05 bits per heavy atom. The second-order valence-corrected chi connectivity index (χ2v) is 4.60. The molecule has 0 saturated heterocycles. The minimum absolute atomic E-state index is 0.179. The molecule has 110 valence electrons. The van der Waals surface area contributed by atoms with E-state index < -0.39 is 17.3 Å². The molecule has 2 rings (SSSR count). The third-order valence-corrected chi connectivity index (χ3v) is 3.04. The number of nitrogens with two attached hydrogens (primary N) is 1. The SMILES string of the molecule is Cc1c(C(C)N)nnn1-c1ccc(C#N)c(C(F)(F)F)c1. The molecule has 0 aliphatic rings. The number of nitrogens with zero attached hydrogens (tertiary/aromatic N) is 4. The van der Waals surface area contributed by atoms with Gasteiger partial charge in [-0.2, -0.15) is 18.4 Å². The lowest BCUT2D eigenvalue weighted by atomic mass is 10.1. The van der Waals surface area contributed by atoms with Crippen LogP contribution in [0.5, 0.6) is 0 Å². The fraction of sp³-hybridized carbons (Fsp3) is 0.308. The van der Waals surface area contributed by atoms with Crippen LogP contribution in [0.3, 0.4) is 0 Å². The molecule has 5 nitrogen and oxygen atoms in total. The summed E-state index contributed by atoms with van der Waals surface area (Å²) in [5.74, 6) is 0. The van der Waals surface area contributed by atoms with Crippen LogP contribution in [0.2, 0.25) is 0 Å². The summed E-state index contributed by atoms with van der Waals surface area (Å²) in [6.45, 7) is 3.38. The van der Waals surface area contributed by atoms with Gasteiger partial charge in [-0.15, -0.1) is 5.10 Å². The van der Waals surface area contributed by atoms with Crippen LogP contribution in [0.25, 0.3) is 5.69 Å². The largest absolute Gasteiger partial charge is 0.417 e. The van der Waals surface area contributed by atoms with Gasteiger partial charge in [-0.1, -0.05) is 5.21 Å². The second kappa shape index (κ2) is 5.18. The van der Waals surface area contributed by atoms with Crippen LogP contribution >= 0.6 is 0 Å². The predicted molar refractivity (Wildman–Crippen MR) is 68.4 cm³/mol. The number of aromatic nitrogens is 3. The smallest absolute Gasteiger partial charge is 0.323 e. The van der Waals surface area contributed by atoms with Gasteiger partial charge in [0.05, 0.1) is 28.6 Å². The fourth-order valence-corrected chi connectivity index (χ4v) is 2.00. The molecule has 0 radical (unpaired) electrons. The molecule has 0 amide bonds. The Morgan fingerprint density at radius 1 is 1.38 bits per heavy atom. The summed E-state index contributed by atoms with van der Waals surface area (Å²) in [6, 6.07) is 4.54. The van der Waals surface area contributed by atoms with Crippen LogP contribution in [0.4, 0.5) is 13.2 Å². The second-order valence-electron chi connectivity index (χ2n) is 4.60. The van der Waals surface area contributed by atoms with Gasteiger partial charge >= 0.3 is 6.18 Å². The summed E-state index contributed by atoms with van der Waals surface area (Å²) < 4.78 is 40.1. The molecule has 1 unspecified atom stereocenters. The van der Waals surface area contributed by atoms with Crippen molar-refractivity contribution in [3.63, 3.8) is 0 Å². The van der Waals surface area contributed by atoms with E-state index in [9.17, 15) is 13.2 Å². The molecule has 1 aromatic carbocycles. The molecule has 2 N–H and O–H groups in total. The lowest BCUT2D eigenvalue weighted by Gasteiger charge is -2.11. The van der Waals surface area contributed by atoms with Crippen molar-refractivity contribution < 1.29 is 13.2 Å². The Hall–Kier alpha value is -2.40. The van der Waals surface area contributed by atoms with Gasteiger partial charge < -0.3 is 5.73 Å². The molecule has 0 saturated carbocycles. The van der Waals surface area contributed by atoms with Crippen molar-refractivity contribution in [3.05, 3.63) is 40.7 Å². The van der Waals surface area contributed by atoms with Gasteiger partial charge in [-0.05, 0) is 32.0 Å². The van der Waals surface area contributed by atoms with Gasteiger partial charge in [0.25, 0.3) is 0 Å². The fourth-order valence-electron chi connectivity index (χ4n) is 2.00. The highest BCUT2D eigenvalue weighted by molar-refractivity contribution is 5.47. The molecule has 8 heteroatoms. The number of nitriles is 1. The Bertz CT molecular complexity index is 710. The molecule has 1 heterocycles. The molecule has 2 aromatic rings. The van der Waals surface area contributed by atoms with Gasteiger partial charge in [0, 0.05) is 6.04 Å². The van der Waals surface area contributed by atoms with Gasteiger partial charge in [0.2, 0.25) is 0 Å². The quantitative estimate of drug-likeness (QED) is 0.923. The van der Waals surface area contributed by atoms with E-state index in [0.717, 1.165) is 12.1 Å². The first-order chi connectivity index (χ1) is 9.75. The first-order valence-corrected chi connectivity index (χ1v) is 6.05. The molecular formula is C13H12F3N5. The van der Waals surface area contributed by atoms with Crippen molar-refractivity contribution in [1.29, 1.82) is 5.26 Å². The van der Waals surface area contributed by atoms with E-state index in [-0.39, 0.29) is 11.7 Å². The first-order valence-electron chi connectivity index (χ1n) is 6.05. The van der Waals surface area contributed by atoms with Gasteiger partial charge in [0.15, 0.2) is 0 Å². The van der Waals surface area contributed by atoms with Crippen molar-refractivity contribution in [2.75, 3.05) is 0 Å². The van der Waals surface area contributed by atoms with Gasteiger partial charge in [-0.25, -0.2) is 4.68 Å². The Labute approximate surface area is 118 Å². The van der Waals surface area contributed by atoms with E-state index in [1.54, 1.807) is 13.8 Å². The molecule has 21 heavy (non-hydrogen) atoms. The van der Waals surface area contributed by atoms with Crippen LogP contribution in [-0.2, 0) is 6.18 Å². The molecule has 1 aromatic heterocycles. The molecule has 0 aliphatic carbocycles. The maximum atomic E-state index is 12.9. The summed E-state index contributed by atoms with van der Waals surface area (Å²) in [5.41, 5.74) is 5.52. The van der Waals surface area contributed by atoms with Crippen LogP contribution in [0, 0.1) is 18.3 Å². The molecule has 0 bridgehead atoms. The standard InChI is InChI=1S/C13H12F3N5/c1-7(18)12-8(2)21(20-19-12)10-4-3-9(6-17)11(5-10)13(14,15)16/h3-5,7H,18H2,1-2H3. The lowest BCUT2D eigenvalue weighted by molar-refractivity contribution is -0.137. The van der Waals surface area contributed by atoms with Crippen molar-refractivity contribution in [2.24, 2.45) is 5.73 Å². The van der Waals surface area contributed by atoms with E-state index in [4.69, 9.17) is 11.0 Å².